The molecule has 0 unspecified atom stereocenters. The molecule has 1 saturated carbocycles. The molecule has 2 heterocycles. The molecule has 2 amide bonds. The van der Waals surface area contributed by atoms with Gasteiger partial charge < -0.3 is 24.8 Å². The van der Waals surface area contributed by atoms with Crippen molar-refractivity contribution in [2.24, 2.45) is 11.8 Å². The highest BCUT2D eigenvalue weighted by Gasteiger charge is 2.33. The van der Waals surface area contributed by atoms with Crippen LogP contribution in [0.5, 0.6) is 5.75 Å². The van der Waals surface area contributed by atoms with Gasteiger partial charge in [-0.05, 0) is 75.6 Å². The second-order valence-electron chi connectivity index (χ2n) is 12.6. The number of benzene rings is 1. The van der Waals surface area contributed by atoms with E-state index in [-0.39, 0.29) is 53.7 Å². The van der Waals surface area contributed by atoms with Crippen molar-refractivity contribution in [3.8, 4) is 5.75 Å². The van der Waals surface area contributed by atoms with Crippen LogP contribution in [0.4, 0.5) is 5.69 Å². The quantitative estimate of drug-likeness (QED) is 0.388. The Morgan fingerprint density at radius 2 is 1.87 bits per heavy atom. The molecule has 1 aromatic carbocycles. The third-order valence-corrected chi connectivity index (χ3v) is 12.1. The number of carbonyl (C=O) groups excluding carboxylic acids is 2. The lowest BCUT2D eigenvalue weighted by molar-refractivity contribution is -0.120. The largest absolute Gasteiger partial charge is 0.490 e. The maximum Gasteiger partial charge on any atom is 0.258 e. The Kier molecular flexibility index (Phi) is 12.8. The van der Waals surface area contributed by atoms with Gasteiger partial charge in [0.15, 0.2) is 0 Å². The lowest BCUT2D eigenvalue weighted by Crippen LogP contribution is -2.48. The average Bonchev–Trinajstić information content (AvgIpc) is 3.59. The normalized spacial score (nSPS) is 23.6. The van der Waals surface area contributed by atoms with Crippen LogP contribution in [0.1, 0.15) is 82.5 Å². The molecule has 0 radical (unpaired) electrons. The zero-order valence-electron chi connectivity index (χ0n) is 26.9. The standard InChI is InChI=1S/C33H49N3O7S2/c1-23-20-36(24(2)22-37)33(39)28-19-27(34-32(38)26-12-6-5-7-13-26)15-16-29(28)43-25(3)11-8-9-17-42-30(23)21-35(4)45(40,41)31-14-10-18-44-31/h10,14-16,18-19,23-26,30,37H,5-9,11-13,17,20-22H2,1-4H3,(H,34,38)/t23-,24+,25-,30+/m0/s1. The number of hydrogen-bond acceptors (Lipinski definition) is 8. The molecule has 0 saturated heterocycles. The number of anilines is 1. The van der Waals surface area contributed by atoms with Crippen LogP contribution < -0.4 is 10.1 Å². The van der Waals surface area contributed by atoms with Gasteiger partial charge in [-0.25, -0.2) is 8.42 Å². The molecular formula is C33H49N3O7S2. The number of nitrogens with zero attached hydrogens (tertiary/aromatic N) is 2. The van der Waals surface area contributed by atoms with Gasteiger partial charge in [0.05, 0.1) is 30.4 Å². The lowest BCUT2D eigenvalue weighted by atomic mass is 9.88. The molecule has 4 rings (SSSR count). The van der Waals surface area contributed by atoms with Crippen LogP contribution in [-0.4, -0.2) is 86.1 Å². The van der Waals surface area contributed by atoms with Gasteiger partial charge in [0.25, 0.3) is 15.9 Å². The van der Waals surface area contributed by atoms with Crippen molar-refractivity contribution < 1.29 is 32.6 Å². The summed E-state index contributed by atoms with van der Waals surface area (Å²) in [6.07, 6.45) is 6.62. The maximum absolute atomic E-state index is 14.3. The van der Waals surface area contributed by atoms with Gasteiger partial charge in [-0.2, -0.15) is 4.31 Å². The second kappa shape index (κ2) is 16.4. The van der Waals surface area contributed by atoms with Crippen LogP contribution in [0.15, 0.2) is 39.9 Å². The van der Waals surface area contributed by atoms with Crippen molar-refractivity contribution in [1.29, 1.82) is 0 Å². The van der Waals surface area contributed by atoms with Crippen LogP contribution in [-0.2, 0) is 19.6 Å². The van der Waals surface area contributed by atoms with Gasteiger partial charge in [0, 0.05) is 44.3 Å². The first kappa shape index (κ1) is 35.3. The van der Waals surface area contributed by atoms with Gasteiger partial charge in [-0.15, -0.1) is 11.3 Å². The van der Waals surface area contributed by atoms with E-state index in [0.717, 1.165) is 51.4 Å². The first-order chi connectivity index (χ1) is 21.5. The first-order valence-corrected chi connectivity index (χ1v) is 18.5. The Morgan fingerprint density at radius 3 is 2.56 bits per heavy atom. The Morgan fingerprint density at radius 1 is 1.13 bits per heavy atom. The fourth-order valence-electron chi connectivity index (χ4n) is 5.99. The van der Waals surface area contributed by atoms with E-state index in [4.69, 9.17) is 9.47 Å². The number of sulfonamides is 1. The zero-order chi connectivity index (χ0) is 32.6. The van der Waals surface area contributed by atoms with Crippen LogP contribution in [0.2, 0.25) is 0 Å². The summed E-state index contributed by atoms with van der Waals surface area (Å²) >= 11 is 1.17. The SMILES string of the molecule is C[C@H](CO)N1C[C@H](C)[C@@H](CN(C)S(=O)(=O)c2cccs2)OCCCC[C@H](C)Oc2ccc(NC(=O)C3CCCCC3)cc2C1=O. The van der Waals surface area contributed by atoms with Crippen molar-refractivity contribution in [1.82, 2.24) is 9.21 Å². The summed E-state index contributed by atoms with van der Waals surface area (Å²) in [6, 6.07) is 7.96. The molecule has 45 heavy (non-hydrogen) atoms. The van der Waals surface area contributed by atoms with Gasteiger partial charge in [-0.1, -0.05) is 32.3 Å². The number of fused-ring (bicyclic) bond motifs is 1. The average molecular weight is 664 g/mol. The van der Waals surface area contributed by atoms with E-state index in [1.807, 2.05) is 13.8 Å². The molecule has 4 atom stereocenters. The first-order valence-electron chi connectivity index (χ1n) is 16.2. The molecule has 10 nitrogen and oxygen atoms in total. The Bertz CT molecular complexity index is 1360. The van der Waals surface area contributed by atoms with E-state index < -0.39 is 22.2 Å². The fourth-order valence-corrected chi connectivity index (χ4v) is 8.37. The number of hydrogen-bond donors (Lipinski definition) is 2. The van der Waals surface area contributed by atoms with E-state index in [2.05, 4.69) is 5.32 Å². The summed E-state index contributed by atoms with van der Waals surface area (Å²) in [5, 5.41) is 14.9. The summed E-state index contributed by atoms with van der Waals surface area (Å²) in [4.78, 5) is 29.0. The van der Waals surface area contributed by atoms with Crippen LogP contribution >= 0.6 is 11.3 Å². The van der Waals surface area contributed by atoms with Gasteiger partial charge in [-0.3, -0.25) is 9.59 Å². The van der Waals surface area contributed by atoms with Crippen molar-refractivity contribution >= 4 is 38.9 Å². The number of aliphatic hydroxyl groups is 1. The van der Waals surface area contributed by atoms with Crippen molar-refractivity contribution in [2.45, 2.75) is 94.6 Å². The number of likely N-dealkylation sites (N-methyl/N-ethyl adjacent to an activating group) is 1. The highest BCUT2D eigenvalue weighted by molar-refractivity contribution is 7.91. The zero-order valence-corrected chi connectivity index (χ0v) is 28.6. The summed E-state index contributed by atoms with van der Waals surface area (Å²) in [5.74, 6) is -0.255. The highest BCUT2D eigenvalue weighted by Crippen LogP contribution is 2.30. The predicted molar refractivity (Wildman–Crippen MR) is 176 cm³/mol. The molecule has 12 heteroatoms. The Labute approximate surface area is 272 Å². The van der Waals surface area contributed by atoms with Gasteiger partial charge in [0.1, 0.15) is 9.96 Å². The number of nitrogens with one attached hydrogen (secondary N) is 1. The molecule has 0 spiro atoms. The fraction of sp³-hybridized carbons (Fsp3) is 0.636. The number of carbonyl (C=O) groups is 2. The monoisotopic (exact) mass is 663 g/mol. The molecular weight excluding hydrogens is 615 g/mol. The van der Waals surface area contributed by atoms with E-state index in [1.54, 1.807) is 54.6 Å². The van der Waals surface area contributed by atoms with Crippen molar-refractivity contribution in [3.63, 3.8) is 0 Å². The van der Waals surface area contributed by atoms with Crippen LogP contribution in [0, 0.1) is 11.8 Å². The minimum absolute atomic E-state index is 0.0342. The molecule has 0 bridgehead atoms. The summed E-state index contributed by atoms with van der Waals surface area (Å²) in [5.41, 5.74) is 0.837. The third kappa shape index (κ3) is 9.28. The number of aliphatic hydroxyl groups excluding tert-OH is 1. The van der Waals surface area contributed by atoms with Gasteiger partial charge >= 0.3 is 0 Å². The summed E-state index contributed by atoms with van der Waals surface area (Å²) in [6.45, 7) is 6.18. The van der Waals surface area contributed by atoms with Crippen molar-refractivity contribution in [2.75, 3.05) is 38.7 Å². The minimum Gasteiger partial charge on any atom is -0.490 e. The van der Waals surface area contributed by atoms with E-state index >= 15 is 0 Å². The van der Waals surface area contributed by atoms with Crippen LogP contribution in [0.3, 0.4) is 0 Å². The van der Waals surface area contributed by atoms with E-state index in [0.29, 0.717) is 23.6 Å². The smallest absolute Gasteiger partial charge is 0.258 e. The number of ether oxygens (including phenoxy) is 2. The number of thiophene rings is 1. The summed E-state index contributed by atoms with van der Waals surface area (Å²) < 4.78 is 40.6. The molecule has 1 aliphatic carbocycles. The molecule has 250 valence electrons. The molecule has 2 aromatic rings. The molecule has 2 N–H and O–H groups in total. The molecule has 2 aliphatic rings. The predicted octanol–water partition coefficient (Wildman–Crippen LogP) is 5.38. The second-order valence-corrected chi connectivity index (χ2v) is 15.8. The Balaban J connectivity index is 1.63. The minimum atomic E-state index is -3.69. The van der Waals surface area contributed by atoms with Crippen LogP contribution in [0.25, 0.3) is 0 Å². The topological polar surface area (TPSA) is 125 Å². The molecule has 1 aromatic heterocycles. The number of amides is 2. The highest BCUT2D eigenvalue weighted by atomic mass is 32.2. The van der Waals surface area contributed by atoms with Crippen molar-refractivity contribution in [3.05, 3.63) is 41.3 Å². The molecule has 1 aliphatic heterocycles. The van der Waals surface area contributed by atoms with E-state index in [1.165, 1.54) is 15.6 Å². The maximum atomic E-state index is 14.3. The third-order valence-electron chi connectivity index (χ3n) is 8.89. The molecule has 1 fully saturated rings. The number of rotatable bonds is 8. The Hall–Kier alpha value is -2.51. The van der Waals surface area contributed by atoms with E-state index in [9.17, 15) is 23.1 Å². The van der Waals surface area contributed by atoms with Gasteiger partial charge in [0.2, 0.25) is 5.91 Å². The lowest BCUT2D eigenvalue weighted by Gasteiger charge is -2.35. The summed E-state index contributed by atoms with van der Waals surface area (Å²) in [7, 11) is -2.15.